The largest absolute Gasteiger partial charge is 0.504 e. The van der Waals surface area contributed by atoms with Crippen LogP contribution in [0.15, 0.2) is 28.9 Å². The number of hydrogen-bond donors (Lipinski definition) is 2. The molecule has 5 nitrogen and oxygen atoms in total. The third-order valence-corrected chi connectivity index (χ3v) is 1.91. The number of carboxylic acids is 1. The smallest absolute Gasteiger partial charge is 0.341 e. The molecule has 5 heteroatoms. The van der Waals surface area contributed by atoms with Crippen LogP contribution in [0.4, 0.5) is 0 Å². The zero-order valence-electron chi connectivity index (χ0n) is 7.64. The summed E-state index contributed by atoms with van der Waals surface area (Å²) in [7, 11) is 0. The molecule has 0 aliphatic carbocycles. The van der Waals surface area contributed by atoms with Crippen molar-refractivity contribution in [2.24, 2.45) is 0 Å². The number of ether oxygens (including phenoxy) is 1. The van der Waals surface area contributed by atoms with Crippen LogP contribution >= 0.6 is 0 Å². The predicted molar refractivity (Wildman–Crippen MR) is 51.0 cm³/mol. The lowest BCUT2D eigenvalue weighted by molar-refractivity contribution is -0.139. The van der Waals surface area contributed by atoms with Gasteiger partial charge in [-0.3, -0.25) is 0 Å². The molecule has 0 saturated heterocycles. The van der Waals surface area contributed by atoms with Gasteiger partial charge in [0.1, 0.15) is 5.75 Å². The number of hydrogen-bond acceptors (Lipinski definition) is 4. The van der Waals surface area contributed by atoms with Crippen LogP contribution in [0.2, 0.25) is 0 Å². The fourth-order valence-electron chi connectivity index (χ4n) is 1.29. The highest BCUT2D eigenvalue weighted by Gasteiger charge is 2.10. The molecule has 0 fully saturated rings. The minimum Gasteiger partial charge on any atom is -0.504 e. The van der Waals surface area contributed by atoms with Gasteiger partial charge >= 0.3 is 5.97 Å². The van der Waals surface area contributed by atoms with Gasteiger partial charge < -0.3 is 19.4 Å². The Morgan fingerprint density at radius 1 is 1.40 bits per heavy atom. The van der Waals surface area contributed by atoms with Crippen molar-refractivity contribution >= 4 is 16.9 Å². The summed E-state index contributed by atoms with van der Waals surface area (Å²) in [6.45, 7) is -0.426. The van der Waals surface area contributed by atoms with Gasteiger partial charge in [0.15, 0.2) is 17.9 Å². The molecule has 0 aliphatic rings. The second-order valence-corrected chi connectivity index (χ2v) is 2.93. The number of phenolic OH excluding ortho intramolecular Hbond substituents is 1. The number of benzene rings is 1. The summed E-state index contributed by atoms with van der Waals surface area (Å²) in [5.74, 6) is -0.684. The molecule has 2 aromatic rings. The molecule has 0 saturated carbocycles. The quantitative estimate of drug-likeness (QED) is 0.800. The van der Waals surface area contributed by atoms with Crippen molar-refractivity contribution in [1.82, 2.24) is 0 Å². The van der Waals surface area contributed by atoms with Gasteiger partial charge in [0.2, 0.25) is 0 Å². The molecule has 2 N–H and O–H groups in total. The van der Waals surface area contributed by atoms with E-state index in [1.807, 2.05) is 0 Å². The summed E-state index contributed by atoms with van der Waals surface area (Å²) in [5, 5.41) is 18.4. The van der Waals surface area contributed by atoms with Gasteiger partial charge in [-0.1, -0.05) is 0 Å². The topological polar surface area (TPSA) is 79.9 Å². The Labute approximate surface area is 84.5 Å². The average molecular weight is 208 g/mol. The third kappa shape index (κ3) is 1.71. The van der Waals surface area contributed by atoms with Gasteiger partial charge in [-0.25, -0.2) is 4.79 Å². The Morgan fingerprint density at radius 2 is 2.20 bits per heavy atom. The SMILES string of the molecule is O=C(O)COc1ccc(O)c2occc12. The highest BCUT2D eigenvalue weighted by atomic mass is 16.5. The van der Waals surface area contributed by atoms with E-state index in [1.165, 1.54) is 18.4 Å². The first-order valence-electron chi connectivity index (χ1n) is 4.22. The zero-order chi connectivity index (χ0) is 10.8. The van der Waals surface area contributed by atoms with Gasteiger partial charge in [-0.2, -0.15) is 0 Å². The van der Waals surface area contributed by atoms with Crippen molar-refractivity contribution in [2.45, 2.75) is 0 Å². The zero-order valence-corrected chi connectivity index (χ0v) is 7.64. The van der Waals surface area contributed by atoms with Crippen LogP contribution < -0.4 is 4.74 Å². The Kier molecular flexibility index (Phi) is 2.21. The number of furan rings is 1. The van der Waals surface area contributed by atoms with Crippen LogP contribution in [0, 0.1) is 0 Å². The molecule has 0 bridgehead atoms. The van der Waals surface area contributed by atoms with Crippen LogP contribution in [0.3, 0.4) is 0 Å². The number of carbonyl (C=O) groups is 1. The van der Waals surface area contributed by atoms with Crippen LogP contribution in [0.1, 0.15) is 0 Å². The van der Waals surface area contributed by atoms with Gasteiger partial charge in [-0.05, 0) is 18.2 Å². The maximum Gasteiger partial charge on any atom is 0.341 e. The molecule has 0 unspecified atom stereocenters. The van der Waals surface area contributed by atoms with Crippen molar-refractivity contribution < 1.29 is 24.2 Å². The third-order valence-electron chi connectivity index (χ3n) is 1.91. The van der Waals surface area contributed by atoms with E-state index in [0.29, 0.717) is 11.1 Å². The van der Waals surface area contributed by atoms with E-state index in [-0.39, 0.29) is 11.3 Å². The lowest BCUT2D eigenvalue weighted by atomic mass is 10.2. The molecule has 78 valence electrons. The van der Waals surface area contributed by atoms with Gasteiger partial charge in [0.25, 0.3) is 0 Å². The minimum atomic E-state index is -1.06. The Hall–Kier alpha value is -2.17. The van der Waals surface area contributed by atoms with Crippen molar-refractivity contribution in [2.75, 3.05) is 6.61 Å². The van der Waals surface area contributed by atoms with E-state index in [2.05, 4.69) is 0 Å². The summed E-state index contributed by atoms with van der Waals surface area (Å²) in [5.41, 5.74) is 0.290. The first kappa shape index (κ1) is 9.39. The Balaban J connectivity index is 2.39. The molecular formula is C10H8O5. The van der Waals surface area contributed by atoms with Crippen molar-refractivity contribution in [3.05, 3.63) is 24.5 Å². The van der Waals surface area contributed by atoms with Crippen molar-refractivity contribution in [3.8, 4) is 11.5 Å². The maximum atomic E-state index is 10.3. The molecule has 15 heavy (non-hydrogen) atoms. The summed E-state index contributed by atoms with van der Waals surface area (Å²) in [4.78, 5) is 10.3. The lowest BCUT2D eigenvalue weighted by Gasteiger charge is -2.04. The van der Waals surface area contributed by atoms with E-state index >= 15 is 0 Å². The van der Waals surface area contributed by atoms with Crippen molar-refractivity contribution in [1.29, 1.82) is 0 Å². The number of fused-ring (bicyclic) bond motifs is 1. The predicted octanol–water partition coefficient (Wildman–Crippen LogP) is 1.60. The van der Waals surface area contributed by atoms with Gasteiger partial charge in [0.05, 0.1) is 11.6 Å². The molecule has 1 heterocycles. The molecule has 0 atom stereocenters. The van der Waals surface area contributed by atoms with E-state index < -0.39 is 12.6 Å². The first-order valence-corrected chi connectivity index (χ1v) is 4.22. The van der Waals surface area contributed by atoms with Crippen LogP contribution in [-0.4, -0.2) is 22.8 Å². The van der Waals surface area contributed by atoms with Crippen molar-refractivity contribution in [3.63, 3.8) is 0 Å². The molecule has 0 radical (unpaired) electrons. The molecule has 2 rings (SSSR count). The second kappa shape index (κ2) is 3.53. The van der Waals surface area contributed by atoms with Crippen LogP contribution in [0.5, 0.6) is 11.5 Å². The van der Waals surface area contributed by atoms with E-state index in [9.17, 15) is 9.90 Å². The lowest BCUT2D eigenvalue weighted by Crippen LogP contribution is -2.09. The number of phenols is 1. The second-order valence-electron chi connectivity index (χ2n) is 2.93. The average Bonchev–Trinajstić information content (AvgIpc) is 2.66. The number of aliphatic carboxylic acids is 1. The normalized spacial score (nSPS) is 10.4. The van der Waals surface area contributed by atoms with Gasteiger partial charge in [0, 0.05) is 0 Å². The number of aromatic hydroxyl groups is 1. The Bertz CT molecular complexity index is 499. The fraction of sp³-hybridized carbons (Fsp3) is 0.100. The number of rotatable bonds is 3. The monoisotopic (exact) mass is 208 g/mol. The highest BCUT2D eigenvalue weighted by molar-refractivity contribution is 5.88. The number of carboxylic acid groups (broad SMARTS) is 1. The molecular weight excluding hydrogens is 200 g/mol. The summed E-state index contributed by atoms with van der Waals surface area (Å²) >= 11 is 0. The van der Waals surface area contributed by atoms with Gasteiger partial charge in [-0.15, -0.1) is 0 Å². The van der Waals surface area contributed by atoms with E-state index in [4.69, 9.17) is 14.3 Å². The van der Waals surface area contributed by atoms with E-state index in [0.717, 1.165) is 0 Å². The van der Waals surface area contributed by atoms with Crippen LogP contribution in [0.25, 0.3) is 11.0 Å². The summed E-state index contributed by atoms with van der Waals surface area (Å²) < 4.78 is 10.0. The fourth-order valence-corrected chi connectivity index (χ4v) is 1.29. The molecule has 1 aromatic carbocycles. The van der Waals surface area contributed by atoms with Crippen LogP contribution in [-0.2, 0) is 4.79 Å². The summed E-state index contributed by atoms with van der Waals surface area (Å²) in [6.07, 6.45) is 1.40. The molecule has 0 aliphatic heterocycles. The minimum absolute atomic E-state index is 0.00215. The van der Waals surface area contributed by atoms with E-state index in [1.54, 1.807) is 6.07 Å². The molecule has 0 amide bonds. The standard InChI is InChI=1S/C10H8O5/c11-7-1-2-8(15-5-9(12)13)6-3-4-14-10(6)7/h1-4,11H,5H2,(H,12,13). The summed E-state index contributed by atoms with van der Waals surface area (Å²) in [6, 6.07) is 4.49. The molecule has 1 aromatic heterocycles. The highest BCUT2D eigenvalue weighted by Crippen LogP contribution is 2.32. The molecule has 0 spiro atoms. The maximum absolute atomic E-state index is 10.3. The first-order chi connectivity index (χ1) is 7.18. The Morgan fingerprint density at radius 3 is 2.93 bits per heavy atom.